The average Bonchev–Trinajstić information content (AvgIpc) is 2.11. The third kappa shape index (κ3) is 2.89. The topological polar surface area (TPSA) is 3.24 Å². The zero-order valence-corrected chi connectivity index (χ0v) is 8.97. The van der Waals surface area contributed by atoms with Gasteiger partial charge in [-0.3, -0.25) is 0 Å². The zero-order valence-electron chi connectivity index (χ0n) is 8.97. The first-order chi connectivity index (χ1) is 7.05. The maximum Gasteiger partial charge on any atom is 0.481 e. The molecule has 2 aliphatic rings. The minimum atomic E-state index is -4.59. The second-order valence-corrected chi connectivity index (χ2v) is 5.06. The Labute approximate surface area is 89.1 Å². The zero-order chi connectivity index (χ0) is 10.9. The van der Waals surface area contributed by atoms with E-state index < -0.39 is 12.8 Å². The predicted molar refractivity (Wildman–Crippen MR) is 55.8 cm³/mol. The molecule has 0 amide bonds. The predicted octanol–water partition coefficient (Wildman–Crippen LogP) is 3.10. The highest BCUT2D eigenvalue weighted by Gasteiger charge is 2.37. The first kappa shape index (κ1) is 11.3. The maximum absolute atomic E-state index is 12.5. The highest BCUT2D eigenvalue weighted by atomic mass is 19.4. The lowest BCUT2D eigenvalue weighted by Gasteiger charge is -2.39. The van der Waals surface area contributed by atoms with Crippen LogP contribution in [0.4, 0.5) is 12.9 Å². The normalized spacial score (nSPS) is 26.6. The molecule has 1 aliphatic carbocycles. The van der Waals surface area contributed by atoms with Crippen LogP contribution in [0, 0.1) is 5.92 Å². The molecule has 0 aromatic carbocycles. The lowest BCUT2D eigenvalue weighted by atomic mass is 9.67. The van der Waals surface area contributed by atoms with Crippen LogP contribution in [0.1, 0.15) is 32.1 Å². The molecule has 1 saturated heterocycles. The Bertz CT molecular complexity index is 207. The number of nitrogens with zero attached hydrogens (tertiary/aromatic N) is 1. The van der Waals surface area contributed by atoms with Gasteiger partial charge in [0, 0.05) is 6.54 Å². The van der Waals surface area contributed by atoms with Gasteiger partial charge >= 0.3 is 6.98 Å². The first-order valence-corrected chi connectivity index (χ1v) is 5.98. The van der Waals surface area contributed by atoms with Crippen LogP contribution in [0.25, 0.3) is 0 Å². The highest BCUT2D eigenvalue weighted by Crippen LogP contribution is 2.36. The SMILES string of the molecule is F[B-](F)(F)C1CCN(CC2CCC2)CC1. The quantitative estimate of drug-likeness (QED) is 0.660. The number of piperidine rings is 1. The van der Waals surface area contributed by atoms with Crippen LogP contribution >= 0.6 is 0 Å². The monoisotopic (exact) mass is 220 g/mol. The van der Waals surface area contributed by atoms with Crippen molar-refractivity contribution in [2.45, 2.75) is 37.9 Å². The fourth-order valence-corrected chi connectivity index (χ4v) is 2.55. The van der Waals surface area contributed by atoms with Gasteiger partial charge in [-0.1, -0.05) is 25.1 Å². The van der Waals surface area contributed by atoms with Gasteiger partial charge in [-0.2, -0.15) is 0 Å². The van der Waals surface area contributed by atoms with Crippen LogP contribution in [0.2, 0.25) is 5.82 Å². The van der Waals surface area contributed by atoms with Crippen LogP contribution < -0.4 is 0 Å². The van der Waals surface area contributed by atoms with Crippen molar-refractivity contribution in [2.24, 2.45) is 5.92 Å². The smallest absolute Gasteiger partial charge is 0.449 e. The molecule has 0 N–H and O–H groups in total. The summed E-state index contributed by atoms with van der Waals surface area (Å²) in [5.74, 6) is -0.208. The molecule has 1 aliphatic heterocycles. The summed E-state index contributed by atoms with van der Waals surface area (Å²) in [6, 6.07) is 0. The summed E-state index contributed by atoms with van der Waals surface area (Å²) in [6.07, 6.45) is 4.53. The van der Waals surface area contributed by atoms with Crippen molar-refractivity contribution in [3.8, 4) is 0 Å². The Morgan fingerprint density at radius 1 is 1.00 bits per heavy atom. The molecular weight excluding hydrogens is 202 g/mol. The van der Waals surface area contributed by atoms with Gasteiger partial charge in [0.15, 0.2) is 0 Å². The Morgan fingerprint density at radius 2 is 1.60 bits per heavy atom. The number of hydrogen-bond donors (Lipinski definition) is 0. The summed E-state index contributed by atoms with van der Waals surface area (Å²) in [6.45, 7) is -2.24. The van der Waals surface area contributed by atoms with Gasteiger partial charge in [-0.25, -0.2) is 0 Å². The second-order valence-electron chi connectivity index (χ2n) is 5.06. The maximum atomic E-state index is 12.5. The average molecular weight is 220 g/mol. The van der Waals surface area contributed by atoms with Crippen LogP contribution in [0.15, 0.2) is 0 Å². The number of hydrogen-bond acceptors (Lipinski definition) is 1. The van der Waals surface area contributed by atoms with Gasteiger partial charge in [-0.15, -0.1) is 0 Å². The first-order valence-electron chi connectivity index (χ1n) is 5.98. The van der Waals surface area contributed by atoms with Crippen LogP contribution in [0.5, 0.6) is 0 Å². The molecule has 0 aromatic rings. The Hall–Kier alpha value is -0.185. The van der Waals surface area contributed by atoms with E-state index in [-0.39, 0.29) is 0 Å². The molecule has 1 saturated carbocycles. The van der Waals surface area contributed by atoms with E-state index in [2.05, 4.69) is 4.90 Å². The molecular formula is C10H18BF3N-. The van der Waals surface area contributed by atoms with E-state index in [4.69, 9.17) is 0 Å². The van der Waals surface area contributed by atoms with E-state index in [0.29, 0.717) is 25.9 Å². The van der Waals surface area contributed by atoms with Crippen LogP contribution in [-0.4, -0.2) is 31.5 Å². The summed E-state index contributed by atoms with van der Waals surface area (Å²) in [7, 11) is 0. The fraction of sp³-hybridized carbons (Fsp3) is 1.00. The molecule has 1 nitrogen and oxygen atoms in total. The third-order valence-corrected chi connectivity index (χ3v) is 3.91. The number of likely N-dealkylation sites (tertiary alicyclic amines) is 1. The third-order valence-electron chi connectivity index (χ3n) is 3.91. The number of halogens is 3. The summed E-state index contributed by atoms with van der Waals surface area (Å²) >= 11 is 0. The molecule has 2 rings (SSSR count). The van der Waals surface area contributed by atoms with Crippen molar-refractivity contribution in [1.82, 2.24) is 4.90 Å². The molecule has 88 valence electrons. The van der Waals surface area contributed by atoms with Crippen LogP contribution in [0.3, 0.4) is 0 Å². The lowest BCUT2D eigenvalue weighted by Crippen LogP contribution is -2.41. The Balaban J connectivity index is 1.71. The fourth-order valence-electron chi connectivity index (χ4n) is 2.55. The molecule has 0 atom stereocenters. The second kappa shape index (κ2) is 4.36. The molecule has 0 spiro atoms. The van der Waals surface area contributed by atoms with Crippen molar-refractivity contribution >= 4 is 6.98 Å². The Morgan fingerprint density at radius 3 is 2.00 bits per heavy atom. The molecule has 2 fully saturated rings. The largest absolute Gasteiger partial charge is 0.481 e. The molecule has 0 bridgehead atoms. The van der Waals surface area contributed by atoms with Crippen molar-refractivity contribution in [3.05, 3.63) is 0 Å². The molecule has 0 radical (unpaired) electrons. The van der Waals surface area contributed by atoms with Crippen molar-refractivity contribution in [2.75, 3.05) is 19.6 Å². The van der Waals surface area contributed by atoms with Gasteiger partial charge in [0.25, 0.3) is 0 Å². The highest BCUT2D eigenvalue weighted by molar-refractivity contribution is 6.60. The van der Waals surface area contributed by atoms with E-state index in [1.807, 2.05) is 0 Å². The minimum absolute atomic E-state index is 0.330. The molecule has 15 heavy (non-hydrogen) atoms. The molecule has 0 aromatic heterocycles. The number of rotatable bonds is 3. The van der Waals surface area contributed by atoms with E-state index in [1.54, 1.807) is 0 Å². The van der Waals surface area contributed by atoms with Gasteiger partial charge < -0.3 is 17.8 Å². The minimum Gasteiger partial charge on any atom is -0.449 e. The molecule has 0 unspecified atom stereocenters. The van der Waals surface area contributed by atoms with Gasteiger partial charge in [-0.05, 0) is 31.8 Å². The van der Waals surface area contributed by atoms with Gasteiger partial charge in [0.1, 0.15) is 0 Å². The van der Waals surface area contributed by atoms with E-state index in [0.717, 1.165) is 12.5 Å². The molecule has 1 heterocycles. The summed E-state index contributed by atoms with van der Waals surface area (Å²) < 4.78 is 37.4. The van der Waals surface area contributed by atoms with Crippen molar-refractivity contribution < 1.29 is 12.9 Å². The standard InChI is InChI=1S/C10H18BF3N/c12-11(13,14)10-4-6-15(7-5-10)8-9-2-1-3-9/h9-10H,1-8H2/q-1. The summed E-state index contributed by atoms with van der Waals surface area (Å²) in [5, 5.41) is 0. The van der Waals surface area contributed by atoms with Gasteiger partial charge in [0.05, 0.1) is 0 Å². The van der Waals surface area contributed by atoms with E-state index in [1.165, 1.54) is 19.3 Å². The van der Waals surface area contributed by atoms with Crippen molar-refractivity contribution in [1.29, 1.82) is 0 Å². The summed E-state index contributed by atoms with van der Waals surface area (Å²) in [4.78, 5) is 2.22. The lowest BCUT2D eigenvalue weighted by molar-refractivity contribution is 0.149. The van der Waals surface area contributed by atoms with Crippen LogP contribution in [-0.2, 0) is 0 Å². The van der Waals surface area contributed by atoms with E-state index >= 15 is 0 Å². The summed E-state index contributed by atoms with van der Waals surface area (Å²) in [5.41, 5.74) is 0. The van der Waals surface area contributed by atoms with E-state index in [9.17, 15) is 12.9 Å². The Kier molecular flexibility index (Phi) is 3.28. The van der Waals surface area contributed by atoms with Gasteiger partial charge in [0.2, 0.25) is 0 Å². The molecule has 5 heteroatoms. The van der Waals surface area contributed by atoms with Crippen molar-refractivity contribution in [3.63, 3.8) is 0 Å².